The number of carbonyl (C=O) groups is 1. The molecule has 0 atom stereocenters. The lowest BCUT2D eigenvalue weighted by Crippen LogP contribution is -2.13. The molecule has 2 aromatic carbocycles. The molecule has 0 saturated heterocycles. The zero-order valence-electron chi connectivity index (χ0n) is 9.38. The van der Waals surface area contributed by atoms with Gasteiger partial charge in [-0.1, -0.05) is 27.5 Å². The zero-order chi connectivity index (χ0) is 14.0. The lowest BCUT2D eigenvalue weighted by atomic mass is 10.2. The van der Waals surface area contributed by atoms with E-state index in [-0.39, 0.29) is 0 Å². The van der Waals surface area contributed by atoms with Gasteiger partial charge in [-0.05, 0) is 52.3 Å². The Morgan fingerprint density at radius 1 is 1.16 bits per heavy atom. The van der Waals surface area contributed by atoms with Crippen LogP contribution >= 0.6 is 43.5 Å². The number of hydrogen-bond acceptors (Lipinski definition) is 1. The number of anilines is 1. The van der Waals surface area contributed by atoms with Crippen LogP contribution in [0.15, 0.2) is 45.3 Å². The van der Waals surface area contributed by atoms with Crippen LogP contribution in [-0.4, -0.2) is 5.91 Å². The normalized spacial score (nSPS) is 10.3. The van der Waals surface area contributed by atoms with E-state index in [9.17, 15) is 9.18 Å². The topological polar surface area (TPSA) is 29.1 Å². The van der Waals surface area contributed by atoms with Gasteiger partial charge >= 0.3 is 0 Å². The predicted octanol–water partition coefficient (Wildman–Crippen LogP) is 5.26. The molecule has 0 heterocycles. The van der Waals surface area contributed by atoms with E-state index in [1.165, 1.54) is 18.2 Å². The van der Waals surface area contributed by atoms with Crippen LogP contribution in [0.4, 0.5) is 10.1 Å². The van der Waals surface area contributed by atoms with Gasteiger partial charge in [0.2, 0.25) is 0 Å². The highest BCUT2D eigenvalue weighted by Crippen LogP contribution is 2.26. The van der Waals surface area contributed by atoms with Crippen molar-refractivity contribution in [3.8, 4) is 0 Å². The molecular formula is C13H7Br2ClFNO. The van der Waals surface area contributed by atoms with Crippen molar-refractivity contribution in [3.63, 3.8) is 0 Å². The maximum Gasteiger partial charge on any atom is 0.257 e. The first-order valence-corrected chi connectivity index (χ1v) is 7.15. The van der Waals surface area contributed by atoms with Crippen LogP contribution in [0.2, 0.25) is 5.02 Å². The number of halogens is 4. The molecule has 2 aromatic rings. The van der Waals surface area contributed by atoms with Crippen molar-refractivity contribution in [1.29, 1.82) is 0 Å². The summed E-state index contributed by atoms with van der Waals surface area (Å²) in [6.07, 6.45) is 0. The quantitative estimate of drug-likeness (QED) is 0.723. The van der Waals surface area contributed by atoms with Gasteiger partial charge in [0.05, 0.1) is 16.3 Å². The fourth-order valence-corrected chi connectivity index (χ4v) is 2.36. The van der Waals surface area contributed by atoms with Crippen LogP contribution in [0.1, 0.15) is 10.4 Å². The molecule has 98 valence electrons. The van der Waals surface area contributed by atoms with Crippen LogP contribution in [-0.2, 0) is 0 Å². The minimum Gasteiger partial charge on any atom is -0.321 e. The van der Waals surface area contributed by atoms with E-state index < -0.39 is 11.7 Å². The van der Waals surface area contributed by atoms with Crippen molar-refractivity contribution < 1.29 is 9.18 Å². The van der Waals surface area contributed by atoms with Crippen molar-refractivity contribution in [2.45, 2.75) is 0 Å². The van der Waals surface area contributed by atoms with E-state index in [0.717, 1.165) is 4.47 Å². The van der Waals surface area contributed by atoms with Crippen molar-refractivity contribution in [3.05, 3.63) is 61.7 Å². The molecule has 0 spiro atoms. The molecule has 0 fully saturated rings. The highest BCUT2D eigenvalue weighted by atomic mass is 79.9. The number of benzene rings is 2. The van der Waals surface area contributed by atoms with Gasteiger partial charge in [-0.15, -0.1) is 0 Å². The van der Waals surface area contributed by atoms with Crippen molar-refractivity contribution in [2.75, 3.05) is 5.32 Å². The second kappa shape index (κ2) is 6.03. The third kappa shape index (κ3) is 3.55. The van der Waals surface area contributed by atoms with Gasteiger partial charge in [-0.25, -0.2) is 4.39 Å². The van der Waals surface area contributed by atoms with E-state index in [1.54, 1.807) is 18.2 Å². The number of amides is 1. The van der Waals surface area contributed by atoms with E-state index in [1.807, 2.05) is 0 Å². The molecule has 2 rings (SSSR count). The fraction of sp³-hybridized carbons (Fsp3) is 0. The summed E-state index contributed by atoms with van der Waals surface area (Å²) in [5.41, 5.74) is 0.660. The van der Waals surface area contributed by atoms with E-state index in [0.29, 0.717) is 20.7 Å². The summed E-state index contributed by atoms with van der Waals surface area (Å²) in [4.78, 5) is 12.1. The molecule has 1 amide bonds. The van der Waals surface area contributed by atoms with Crippen LogP contribution in [0.5, 0.6) is 0 Å². The molecule has 0 bridgehead atoms. The Morgan fingerprint density at radius 2 is 1.89 bits per heavy atom. The van der Waals surface area contributed by atoms with E-state index in [2.05, 4.69) is 37.2 Å². The largest absolute Gasteiger partial charge is 0.321 e. The van der Waals surface area contributed by atoms with Crippen LogP contribution in [0, 0.1) is 5.82 Å². The maximum absolute atomic E-state index is 13.1. The second-order valence-corrected chi connectivity index (χ2v) is 5.88. The van der Waals surface area contributed by atoms with Crippen LogP contribution < -0.4 is 5.32 Å². The molecule has 6 heteroatoms. The zero-order valence-corrected chi connectivity index (χ0v) is 13.3. The summed E-state index contributed by atoms with van der Waals surface area (Å²) in [6.45, 7) is 0. The standard InChI is InChI=1S/C13H7Br2ClFNO/c14-7-1-4-11(16)9(5-7)13(19)18-12-6-8(17)2-3-10(12)15/h1-6H,(H,18,19). The molecule has 0 aromatic heterocycles. The number of hydrogen-bond donors (Lipinski definition) is 1. The SMILES string of the molecule is O=C(Nc1cc(F)ccc1Br)c1cc(Br)ccc1Cl. The van der Waals surface area contributed by atoms with Crippen LogP contribution in [0.25, 0.3) is 0 Å². The Bertz CT molecular complexity index is 649. The first kappa shape index (κ1) is 14.5. The molecule has 0 radical (unpaired) electrons. The number of nitrogens with one attached hydrogen (secondary N) is 1. The summed E-state index contributed by atoms with van der Waals surface area (Å²) in [7, 11) is 0. The molecule has 2 nitrogen and oxygen atoms in total. The Morgan fingerprint density at radius 3 is 2.63 bits per heavy atom. The van der Waals surface area contributed by atoms with Gasteiger partial charge in [-0.2, -0.15) is 0 Å². The van der Waals surface area contributed by atoms with E-state index >= 15 is 0 Å². The molecule has 0 aliphatic rings. The van der Waals surface area contributed by atoms with Gasteiger partial charge in [0.25, 0.3) is 5.91 Å². The minimum atomic E-state index is -0.432. The first-order chi connectivity index (χ1) is 8.97. The second-order valence-electron chi connectivity index (χ2n) is 3.70. The van der Waals surface area contributed by atoms with Crippen molar-refractivity contribution >= 4 is 55.1 Å². The fourth-order valence-electron chi connectivity index (χ4n) is 1.45. The first-order valence-electron chi connectivity index (χ1n) is 5.19. The van der Waals surface area contributed by atoms with Gasteiger partial charge in [0.1, 0.15) is 5.82 Å². The maximum atomic E-state index is 13.1. The summed E-state index contributed by atoms with van der Waals surface area (Å²) in [5.74, 6) is -0.837. The molecule has 0 saturated carbocycles. The number of carbonyl (C=O) groups excluding carboxylic acids is 1. The monoisotopic (exact) mass is 405 g/mol. The number of rotatable bonds is 2. The van der Waals surface area contributed by atoms with Gasteiger partial charge < -0.3 is 5.32 Å². The third-order valence-electron chi connectivity index (χ3n) is 2.35. The summed E-state index contributed by atoms with van der Waals surface area (Å²) in [6, 6.07) is 9.00. The lowest BCUT2D eigenvalue weighted by molar-refractivity contribution is 0.102. The average Bonchev–Trinajstić information content (AvgIpc) is 2.36. The average molecular weight is 407 g/mol. The summed E-state index contributed by atoms with van der Waals surface area (Å²) >= 11 is 12.5. The highest BCUT2D eigenvalue weighted by Gasteiger charge is 2.13. The summed E-state index contributed by atoms with van der Waals surface area (Å²) < 4.78 is 14.5. The van der Waals surface area contributed by atoms with E-state index in [4.69, 9.17) is 11.6 Å². The Kier molecular flexibility index (Phi) is 4.60. The molecule has 0 unspecified atom stereocenters. The molecule has 0 aliphatic heterocycles. The van der Waals surface area contributed by atoms with Gasteiger partial charge in [-0.3, -0.25) is 4.79 Å². The molecule has 1 N–H and O–H groups in total. The van der Waals surface area contributed by atoms with Gasteiger partial charge in [0, 0.05) is 8.95 Å². The Labute approximate surface area is 131 Å². The van der Waals surface area contributed by atoms with Crippen molar-refractivity contribution in [1.82, 2.24) is 0 Å². The van der Waals surface area contributed by atoms with Crippen molar-refractivity contribution in [2.24, 2.45) is 0 Å². The third-order valence-corrected chi connectivity index (χ3v) is 3.86. The smallest absolute Gasteiger partial charge is 0.257 e. The molecular weight excluding hydrogens is 400 g/mol. The predicted molar refractivity (Wildman–Crippen MR) is 81.2 cm³/mol. The summed E-state index contributed by atoms with van der Waals surface area (Å²) in [5, 5.41) is 2.93. The van der Waals surface area contributed by atoms with Crippen LogP contribution in [0.3, 0.4) is 0 Å². The molecule has 19 heavy (non-hydrogen) atoms. The highest BCUT2D eigenvalue weighted by molar-refractivity contribution is 9.10. The minimum absolute atomic E-state index is 0.312. The Balaban J connectivity index is 2.30. The lowest BCUT2D eigenvalue weighted by Gasteiger charge is -2.09. The van der Waals surface area contributed by atoms with Gasteiger partial charge in [0.15, 0.2) is 0 Å². The Hall–Kier alpha value is -0.910. The molecule has 0 aliphatic carbocycles.